The molecule has 0 saturated carbocycles. The Balaban J connectivity index is 1.44. The summed E-state index contributed by atoms with van der Waals surface area (Å²) in [5.74, 6) is -0.627. The first-order valence-electron chi connectivity index (χ1n) is 11.6. The molecule has 8 heteroatoms. The molecule has 0 unspecified atom stereocenters. The minimum Gasteiger partial charge on any atom is -0.445 e. The van der Waals surface area contributed by atoms with E-state index in [4.69, 9.17) is 4.74 Å². The van der Waals surface area contributed by atoms with Crippen molar-refractivity contribution in [2.45, 2.75) is 44.4 Å². The van der Waals surface area contributed by atoms with Crippen molar-refractivity contribution in [1.82, 2.24) is 20.5 Å². The van der Waals surface area contributed by atoms with Crippen LogP contribution in [0.25, 0.3) is 10.9 Å². The highest BCUT2D eigenvalue weighted by Gasteiger charge is 2.35. The van der Waals surface area contributed by atoms with Crippen LogP contribution in [0.2, 0.25) is 0 Å². The predicted molar refractivity (Wildman–Crippen MR) is 129 cm³/mol. The Labute approximate surface area is 198 Å². The number of nitrogens with one attached hydrogen (secondary N) is 3. The first-order chi connectivity index (χ1) is 16.6. The first kappa shape index (κ1) is 23.4. The number of hydrogen-bond acceptors (Lipinski definition) is 4. The molecular formula is C26H30N4O4. The number of aromatic nitrogens is 1. The SMILES string of the molecule is CNC(=O)[C@H](Cc1c[nH]c2ccccc12)NC(=O)[C@@H]1CCCCN1C(=O)OCc1ccccc1. The van der Waals surface area contributed by atoms with Crippen molar-refractivity contribution in [3.05, 3.63) is 71.9 Å². The highest BCUT2D eigenvalue weighted by Crippen LogP contribution is 2.21. The number of rotatable bonds is 7. The second-order valence-electron chi connectivity index (χ2n) is 8.48. The summed E-state index contributed by atoms with van der Waals surface area (Å²) >= 11 is 0. The van der Waals surface area contributed by atoms with Crippen molar-refractivity contribution in [3.63, 3.8) is 0 Å². The van der Waals surface area contributed by atoms with Crippen LogP contribution in [-0.2, 0) is 27.4 Å². The van der Waals surface area contributed by atoms with Gasteiger partial charge in [0.05, 0.1) is 0 Å². The molecule has 1 aromatic heterocycles. The van der Waals surface area contributed by atoms with Gasteiger partial charge >= 0.3 is 6.09 Å². The van der Waals surface area contributed by atoms with Crippen LogP contribution in [0.15, 0.2) is 60.8 Å². The zero-order valence-electron chi connectivity index (χ0n) is 19.3. The van der Waals surface area contributed by atoms with Crippen LogP contribution < -0.4 is 10.6 Å². The van der Waals surface area contributed by atoms with Crippen LogP contribution in [0.4, 0.5) is 4.79 Å². The lowest BCUT2D eigenvalue weighted by Crippen LogP contribution is -2.56. The molecule has 1 saturated heterocycles. The Morgan fingerprint density at radius 3 is 2.65 bits per heavy atom. The molecule has 2 aromatic carbocycles. The molecule has 3 N–H and O–H groups in total. The minimum absolute atomic E-state index is 0.145. The van der Waals surface area contributed by atoms with Gasteiger partial charge in [0, 0.05) is 37.1 Å². The average Bonchev–Trinajstić information content (AvgIpc) is 3.29. The van der Waals surface area contributed by atoms with Gasteiger partial charge in [0.25, 0.3) is 0 Å². The molecule has 1 aliphatic rings. The molecule has 0 aliphatic carbocycles. The third kappa shape index (κ3) is 5.39. The fourth-order valence-corrected chi connectivity index (χ4v) is 4.40. The van der Waals surface area contributed by atoms with Gasteiger partial charge in [-0.15, -0.1) is 0 Å². The molecule has 0 spiro atoms. The van der Waals surface area contributed by atoms with Crippen LogP contribution >= 0.6 is 0 Å². The van der Waals surface area contributed by atoms with Crippen LogP contribution in [-0.4, -0.2) is 53.5 Å². The highest BCUT2D eigenvalue weighted by molar-refractivity contribution is 5.92. The molecule has 1 aliphatic heterocycles. The van der Waals surface area contributed by atoms with Gasteiger partial charge in [0.15, 0.2) is 0 Å². The molecule has 4 rings (SSSR count). The fourth-order valence-electron chi connectivity index (χ4n) is 4.40. The molecule has 3 aromatic rings. The summed E-state index contributed by atoms with van der Waals surface area (Å²) in [6.07, 6.45) is 3.84. The third-order valence-corrected chi connectivity index (χ3v) is 6.22. The quantitative estimate of drug-likeness (QED) is 0.502. The Morgan fingerprint density at radius 1 is 1.09 bits per heavy atom. The number of ether oxygens (including phenoxy) is 1. The Kier molecular flexibility index (Phi) is 7.47. The van der Waals surface area contributed by atoms with E-state index in [-0.39, 0.29) is 18.4 Å². The first-order valence-corrected chi connectivity index (χ1v) is 11.6. The van der Waals surface area contributed by atoms with Crippen molar-refractivity contribution in [3.8, 4) is 0 Å². The number of likely N-dealkylation sites (N-methyl/N-ethyl adjacent to an activating group) is 1. The van der Waals surface area contributed by atoms with Gasteiger partial charge < -0.3 is 20.4 Å². The van der Waals surface area contributed by atoms with Crippen molar-refractivity contribution in [1.29, 1.82) is 0 Å². The number of carbonyl (C=O) groups excluding carboxylic acids is 3. The summed E-state index contributed by atoms with van der Waals surface area (Å²) in [5, 5.41) is 6.53. The number of H-pyrrole nitrogens is 1. The van der Waals surface area contributed by atoms with E-state index >= 15 is 0 Å². The number of amides is 3. The van der Waals surface area contributed by atoms with Crippen LogP contribution in [0.3, 0.4) is 0 Å². The van der Waals surface area contributed by atoms with Crippen molar-refractivity contribution in [2.24, 2.45) is 0 Å². The number of piperidine rings is 1. The molecule has 3 amide bonds. The third-order valence-electron chi connectivity index (χ3n) is 6.22. The maximum absolute atomic E-state index is 13.3. The van der Waals surface area contributed by atoms with Crippen molar-refractivity contribution >= 4 is 28.8 Å². The van der Waals surface area contributed by atoms with Gasteiger partial charge in [0.2, 0.25) is 11.8 Å². The monoisotopic (exact) mass is 462 g/mol. The lowest BCUT2D eigenvalue weighted by Gasteiger charge is -2.34. The van der Waals surface area contributed by atoms with E-state index in [0.29, 0.717) is 19.4 Å². The second kappa shape index (κ2) is 10.9. The summed E-state index contributed by atoms with van der Waals surface area (Å²) in [5.41, 5.74) is 2.79. The fraction of sp³-hybridized carbons (Fsp3) is 0.346. The average molecular weight is 463 g/mol. The zero-order chi connectivity index (χ0) is 23.9. The van der Waals surface area contributed by atoms with E-state index in [2.05, 4.69) is 15.6 Å². The maximum Gasteiger partial charge on any atom is 0.410 e. The van der Waals surface area contributed by atoms with E-state index in [1.165, 1.54) is 4.90 Å². The summed E-state index contributed by atoms with van der Waals surface area (Å²) in [6.45, 7) is 0.588. The molecule has 0 radical (unpaired) electrons. The molecule has 2 atom stereocenters. The summed E-state index contributed by atoms with van der Waals surface area (Å²) in [7, 11) is 1.55. The van der Waals surface area contributed by atoms with Gasteiger partial charge in [-0.25, -0.2) is 4.79 Å². The van der Waals surface area contributed by atoms with E-state index in [1.807, 2.05) is 60.8 Å². The molecule has 34 heavy (non-hydrogen) atoms. The van der Waals surface area contributed by atoms with E-state index in [9.17, 15) is 14.4 Å². The van der Waals surface area contributed by atoms with E-state index in [0.717, 1.165) is 34.9 Å². The molecule has 0 bridgehead atoms. The van der Waals surface area contributed by atoms with Crippen LogP contribution in [0, 0.1) is 0 Å². The number of aromatic amines is 1. The molecule has 8 nitrogen and oxygen atoms in total. The Bertz CT molecular complexity index is 1140. The lowest BCUT2D eigenvalue weighted by molar-refractivity contribution is -0.132. The number of para-hydroxylation sites is 1. The van der Waals surface area contributed by atoms with Gasteiger partial charge in [-0.3, -0.25) is 14.5 Å². The van der Waals surface area contributed by atoms with Crippen LogP contribution in [0.1, 0.15) is 30.4 Å². The lowest BCUT2D eigenvalue weighted by atomic mass is 10.00. The number of nitrogens with zero attached hydrogens (tertiary/aromatic N) is 1. The number of carbonyl (C=O) groups is 3. The number of benzene rings is 2. The number of hydrogen-bond donors (Lipinski definition) is 3. The summed E-state index contributed by atoms with van der Waals surface area (Å²) in [4.78, 5) is 43.4. The number of likely N-dealkylation sites (tertiary alicyclic amines) is 1. The topological polar surface area (TPSA) is 104 Å². The van der Waals surface area contributed by atoms with Crippen molar-refractivity contribution in [2.75, 3.05) is 13.6 Å². The normalized spacial score (nSPS) is 16.6. The van der Waals surface area contributed by atoms with Gasteiger partial charge in [-0.2, -0.15) is 0 Å². The van der Waals surface area contributed by atoms with Crippen LogP contribution in [0.5, 0.6) is 0 Å². The molecule has 2 heterocycles. The van der Waals surface area contributed by atoms with E-state index in [1.54, 1.807) is 7.05 Å². The predicted octanol–water partition coefficient (Wildman–Crippen LogP) is 3.13. The Morgan fingerprint density at radius 2 is 1.85 bits per heavy atom. The molecule has 178 valence electrons. The summed E-state index contributed by atoms with van der Waals surface area (Å²) < 4.78 is 5.48. The van der Waals surface area contributed by atoms with E-state index < -0.39 is 18.2 Å². The van der Waals surface area contributed by atoms with Gasteiger partial charge in [-0.1, -0.05) is 48.5 Å². The van der Waals surface area contributed by atoms with Gasteiger partial charge in [-0.05, 0) is 36.5 Å². The second-order valence-corrected chi connectivity index (χ2v) is 8.48. The minimum atomic E-state index is -0.763. The molecule has 1 fully saturated rings. The number of fused-ring (bicyclic) bond motifs is 1. The zero-order valence-corrected chi connectivity index (χ0v) is 19.3. The maximum atomic E-state index is 13.3. The smallest absolute Gasteiger partial charge is 0.410 e. The largest absolute Gasteiger partial charge is 0.445 e. The van der Waals surface area contributed by atoms with Gasteiger partial charge in [0.1, 0.15) is 18.7 Å². The standard InChI is InChI=1S/C26H30N4O4/c1-27-24(31)22(15-19-16-28-21-12-6-5-11-20(19)21)29-25(32)23-13-7-8-14-30(23)26(33)34-17-18-9-3-2-4-10-18/h2-6,9-12,16,22-23,28H,7-8,13-15,17H2,1H3,(H,27,31)(H,29,32)/t22-,23-/m0/s1. The molecular weight excluding hydrogens is 432 g/mol. The summed E-state index contributed by atoms with van der Waals surface area (Å²) in [6, 6.07) is 15.8. The Hall–Kier alpha value is -3.81. The van der Waals surface area contributed by atoms with Crippen molar-refractivity contribution < 1.29 is 19.1 Å². The highest BCUT2D eigenvalue weighted by atomic mass is 16.6.